The van der Waals surface area contributed by atoms with Crippen molar-refractivity contribution in [1.29, 1.82) is 0 Å². The molecule has 0 unspecified atom stereocenters. The van der Waals surface area contributed by atoms with Gasteiger partial charge in [-0.05, 0) is 42.0 Å². The molecule has 2 rings (SSSR count). The molecule has 100 valence electrons. The standard InChI is InChI=1S/C13H11BrFNO2S/c14-11-3-1-2-10(8-11)9-16-19(17,18)13-6-4-12(15)5-7-13/h1-8,16H,9H2. The van der Waals surface area contributed by atoms with Crippen molar-refractivity contribution in [2.45, 2.75) is 11.4 Å². The minimum atomic E-state index is -3.62. The second-order valence-corrected chi connectivity index (χ2v) is 6.59. The number of hydrogen-bond donors (Lipinski definition) is 1. The van der Waals surface area contributed by atoms with Gasteiger partial charge in [-0.1, -0.05) is 28.1 Å². The van der Waals surface area contributed by atoms with Gasteiger partial charge in [0.1, 0.15) is 5.82 Å². The SMILES string of the molecule is O=S(=O)(NCc1cccc(Br)c1)c1ccc(F)cc1. The van der Waals surface area contributed by atoms with Crippen molar-refractivity contribution in [2.75, 3.05) is 0 Å². The lowest BCUT2D eigenvalue weighted by Gasteiger charge is -2.07. The van der Waals surface area contributed by atoms with Crippen LogP contribution in [0.25, 0.3) is 0 Å². The summed E-state index contributed by atoms with van der Waals surface area (Å²) in [6.45, 7) is 0.180. The Balaban J connectivity index is 2.12. The van der Waals surface area contributed by atoms with E-state index in [1.807, 2.05) is 24.3 Å². The molecule has 0 amide bonds. The molecular weight excluding hydrogens is 333 g/mol. The monoisotopic (exact) mass is 343 g/mol. The van der Waals surface area contributed by atoms with E-state index in [9.17, 15) is 12.8 Å². The summed E-state index contributed by atoms with van der Waals surface area (Å²) in [7, 11) is -3.62. The van der Waals surface area contributed by atoms with E-state index < -0.39 is 15.8 Å². The van der Waals surface area contributed by atoms with E-state index in [0.717, 1.165) is 22.2 Å². The topological polar surface area (TPSA) is 46.2 Å². The Morgan fingerprint density at radius 1 is 1.11 bits per heavy atom. The fraction of sp³-hybridized carbons (Fsp3) is 0.0769. The first-order valence-electron chi connectivity index (χ1n) is 5.47. The van der Waals surface area contributed by atoms with Gasteiger partial charge in [-0.25, -0.2) is 17.5 Å². The molecule has 0 saturated carbocycles. The molecule has 2 aromatic rings. The summed E-state index contributed by atoms with van der Waals surface area (Å²) in [5.41, 5.74) is 0.833. The normalized spacial score (nSPS) is 11.5. The van der Waals surface area contributed by atoms with Crippen molar-refractivity contribution >= 4 is 26.0 Å². The van der Waals surface area contributed by atoms with Crippen LogP contribution in [0, 0.1) is 5.82 Å². The highest BCUT2D eigenvalue weighted by Crippen LogP contribution is 2.13. The average Bonchev–Trinajstić information content (AvgIpc) is 2.37. The van der Waals surface area contributed by atoms with E-state index >= 15 is 0 Å². The first-order chi connectivity index (χ1) is 8.97. The van der Waals surface area contributed by atoms with Crippen molar-refractivity contribution in [2.24, 2.45) is 0 Å². The summed E-state index contributed by atoms with van der Waals surface area (Å²) in [5, 5.41) is 0. The quantitative estimate of drug-likeness (QED) is 0.927. The van der Waals surface area contributed by atoms with Crippen LogP contribution in [-0.2, 0) is 16.6 Å². The Kier molecular flexibility index (Phi) is 4.34. The zero-order valence-corrected chi connectivity index (χ0v) is 12.2. The molecule has 1 N–H and O–H groups in total. The molecule has 0 spiro atoms. The van der Waals surface area contributed by atoms with Crippen LogP contribution in [0.5, 0.6) is 0 Å². The van der Waals surface area contributed by atoms with E-state index in [1.165, 1.54) is 12.1 Å². The zero-order chi connectivity index (χ0) is 13.9. The van der Waals surface area contributed by atoms with Crippen LogP contribution in [0.3, 0.4) is 0 Å². The summed E-state index contributed by atoms with van der Waals surface area (Å²) in [5.74, 6) is -0.467. The van der Waals surface area contributed by atoms with Gasteiger partial charge in [0.05, 0.1) is 4.90 Å². The lowest BCUT2D eigenvalue weighted by molar-refractivity contribution is 0.580. The van der Waals surface area contributed by atoms with Crippen LogP contribution in [0.2, 0.25) is 0 Å². The summed E-state index contributed by atoms with van der Waals surface area (Å²) >= 11 is 3.32. The van der Waals surface area contributed by atoms with E-state index in [2.05, 4.69) is 20.7 Å². The zero-order valence-electron chi connectivity index (χ0n) is 9.81. The van der Waals surface area contributed by atoms with E-state index in [0.29, 0.717) is 0 Å². The first-order valence-corrected chi connectivity index (χ1v) is 7.75. The first kappa shape index (κ1) is 14.2. The van der Waals surface area contributed by atoms with Gasteiger partial charge < -0.3 is 0 Å². The average molecular weight is 344 g/mol. The molecule has 6 heteroatoms. The highest BCUT2D eigenvalue weighted by Gasteiger charge is 2.13. The third-order valence-corrected chi connectivity index (χ3v) is 4.39. The molecule has 0 aliphatic heterocycles. The van der Waals surface area contributed by atoms with E-state index in [4.69, 9.17) is 0 Å². The molecule has 0 bridgehead atoms. The number of hydrogen-bond acceptors (Lipinski definition) is 2. The Labute approximate surface area is 119 Å². The van der Waals surface area contributed by atoms with Gasteiger partial charge in [0, 0.05) is 11.0 Å². The summed E-state index contributed by atoms with van der Waals surface area (Å²) in [6, 6.07) is 12.0. The fourth-order valence-corrected chi connectivity index (χ4v) is 2.99. The van der Waals surface area contributed by atoms with E-state index in [-0.39, 0.29) is 11.4 Å². The molecule has 2 aromatic carbocycles. The van der Waals surface area contributed by atoms with Crippen LogP contribution >= 0.6 is 15.9 Å². The van der Waals surface area contributed by atoms with Crippen LogP contribution < -0.4 is 4.72 Å². The molecule has 0 aromatic heterocycles. The highest BCUT2D eigenvalue weighted by molar-refractivity contribution is 9.10. The van der Waals surface area contributed by atoms with Gasteiger partial charge in [0.2, 0.25) is 10.0 Å². The highest BCUT2D eigenvalue weighted by atomic mass is 79.9. The Hall–Kier alpha value is -1.24. The Morgan fingerprint density at radius 2 is 1.79 bits per heavy atom. The molecule has 0 atom stereocenters. The Morgan fingerprint density at radius 3 is 2.42 bits per heavy atom. The van der Waals surface area contributed by atoms with Crippen LogP contribution in [0.4, 0.5) is 4.39 Å². The minimum Gasteiger partial charge on any atom is -0.207 e. The maximum Gasteiger partial charge on any atom is 0.240 e. The third kappa shape index (κ3) is 3.86. The molecular formula is C13H11BrFNO2S. The maximum atomic E-state index is 12.7. The van der Waals surface area contributed by atoms with Crippen molar-refractivity contribution < 1.29 is 12.8 Å². The second kappa shape index (κ2) is 5.81. The predicted octanol–water partition coefficient (Wildman–Crippen LogP) is 3.07. The Bertz CT molecular complexity index is 671. The number of halogens is 2. The molecule has 19 heavy (non-hydrogen) atoms. The lowest BCUT2D eigenvalue weighted by Crippen LogP contribution is -2.23. The van der Waals surface area contributed by atoms with Gasteiger partial charge in [-0.15, -0.1) is 0 Å². The van der Waals surface area contributed by atoms with Crippen LogP contribution in [0.15, 0.2) is 57.9 Å². The lowest BCUT2D eigenvalue weighted by atomic mass is 10.2. The molecule has 0 radical (unpaired) electrons. The molecule has 0 saturated heterocycles. The molecule has 0 aliphatic carbocycles. The van der Waals surface area contributed by atoms with Crippen LogP contribution in [0.1, 0.15) is 5.56 Å². The van der Waals surface area contributed by atoms with Gasteiger partial charge in [-0.2, -0.15) is 0 Å². The summed E-state index contributed by atoms with van der Waals surface area (Å²) < 4.78 is 40.0. The largest absolute Gasteiger partial charge is 0.240 e. The van der Waals surface area contributed by atoms with Crippen molar-refractivity contribution in [3.05, 3.63) is 64.4 Å². The molecule has 0 aliphatic rings. The predicted molar refractivity (Wildman–Crippen MR) is 74.6 cm³/mol. The smallest absolute Gasteiger partial charge is 0.207 e. The van der Waals surface area contributed by atoms with Crippen LogP contribution in [-0.4, -0.2) is 8.42 Å². The van der Waals surface area contributed by atoms with Gasteiger partial charge in [-0.3, -0.25) is 0 Å². The van der Waals surface area contributed by atoms with E-state index in [1.54, 1.807) is 0 Å². The van der Waals surface area contributed by atoms with Gasteiger partial charge in [0.25, 0.3) is 0 Å². The van der Waals surface area contributed by atoms with Gasteiger partial charge in [0.15, 0.2) is 0 Å². The maximum absolute atomic E-state index is 12.7. The number of sulfonamides is 1. The molecule has 0 heterocycles. The number of nitrogens with one attached hydrogen (secondary N) is 1. The van der Waals surface area contributed by atoms with Crippen molar-refractivity contribution in [1.82, 2.24) is 4.72 Å². The fourth-order valence-electron chi connectivity index (χ4n) is 1.52. The number of benzene rings is 2. The summed E-state index contributed by atoms with van der Waals surface area (Å²) in [6.07, 6.45) is 0. The summed E-state index contributed by atoms with van der Waals surface area (Å²) in [4.78, 5) is 0.0453. The molecule has 3 nitrogen and oxygen atoms in total. The van der Waals surface area contributed by atoms with Gasteiger partial charge >= 0.3 is 0 Å². The van der Waals surface area contributed by atoms with Crippen molar-refractivity contribution in [3.8, 4) is 0 Å². The van der Waals surface area contributed by atoms with Crippen molar-refractivity contribution in [3.63, 3.8) is 0 Å². The minimum absolute atomic E-state index is 0.0453. The second-order valence-electron chi connectivity index (χ2n) is 3.91. The third-order valence-electron chi connectivity index (χ3n) is 2.48. The number of rotatable bonds is 4. The molecule has 0 fully saturated rings.